The van der Waals surface area contributed by atoms with Crippen LogP contribution in [0, 0.1) is 5.92 Å². The Labute approximate surface area is 137 Å². The molecule has 5 nitrogen and oxygen atoms in total. The van der Waals surface area contributed by atoms with Gasteiger partial charge in [0.05, 0.1) is 11.1 Å². The van der Waals surface area contributed by atoms with Gasteiger partial charge in [-0.05, 0) is 37.0 Å². The molecule has 24 heavy (non-hydrogen) atoms. The van der Waals surface area contributed by atoms with E-state index in [9.17, 15) is 27.9 Å². The number of hydrogen-bond acceptors (Lipinski definition) is 3. The van der Waals surface area contributed by atoms with Crippen molar-refractivity contribution in [2.24, 2.45) is 5.92 Å². The highest BCUT2D eigenvalue weighted by atomic mass is 19.4. The number of halogens is 3. The second-order valence-electron chi connectivity index (χ2n) is 5.99. The number of nitrogens with one attached hydrogen (secondary N) is 1. The number of amides is 1. The number of hydrogen-bond donors (Lipinski definition) is 3. The zero-order valence-corrected chi connectivity index (χ0v) is 12.9. The van der Waals surface area contributed by atoms with E-state index >= 15 is 0 Å². The number of benzene rings is 1. The number of rotatable bonds is 4. The van der Waals surface area contributed by atoms with Crippen molar-refractivity contribution in [3.05, 3.63) is 29.3 Å². The molecule has 0 aliphatic heterocycles. The van der Waals surface area contributed by atoms with Gasteiger partial charge in [0, 0.05) is 5.69 Å². The normalized spacial score (nSPS) is 17.3. The smallest absolute Gasteiger partial charge is 0.416 e. The molecule has 1 amide bonds. The lowest BCUT2D eigenvalue weighted by Crippen LogP contribution is -2.46. The molecule has 1 atom stereocenters. The van der Waals surface area contributed by atoms with Crippen molar-refractivity contribution in [2.45, 2.75) is 44.3 Å². The van der Waals surface area contributed by atoms with E-state index < -0.39 is 29.7 Å². The second-order valence-corrected chi connectivity index (χ2v) is 5.99. The summed E-state index contributed by atoms with van der Waals surface area (Å²) in [6.07, 6.45) is -0.351. The predicted molar refractivity (Wildman–Crippen MR) is 81.3 cm³/mol. The van der Waals surface area contributed by atoms with Crippen LogP contribution >= 0.6 is 0 Å². The van der Waals surface area contributed by atoms with E-state index in [-0.39, 0.29) is 17.2 Å². The third kappa shape index (κ3) is 4.18. The van der Waals surface area contributed by atoms with Gasteiger partial charge in [-0.2, -0.15) is 13.2 Å². The maximum Gasteiger partial charge on any atom is 0.416 e. The summed E-state index contributed by atoms with van der Waals surface area (Å²) in [6.45, 7) is 0. The molecule has 1 aromatic carbocycles. The standard InChI is InChI=1S/C16H19F3N2O3/c17-16(18,19)10-6-7-11(12(20)8-10)14(22)21-13(15(23)24)9-4-2-1-3-5-9/h6-9,13H,1-5,20H2,(H,21,22)(H,23,24). The molecule has 1 fully saturated rings. The summed E-state index contributed by atoms with van der Waals surface area (Å²) in [4.78, 5) is 23.7. The van der Waals surface area contributed by atoms with E-state index in [1.807, 2.05) is 0 Å². The summed E-state index contributed by atoms with van der Waals surface area (Å²) in [6, 6.07) is 1.32. The van der Waals surface area contributed by atoms with Crippen molar-refractivity contribution in [2.75, 3.05) is 5.73 Å². The average Bonchev–Trinajstić information content (AvgIpc) is 2.52. The summed E-state index contributed by atoms with van der Waals surface area (Å²) in [7, 11) is 0. The summed E-state index contributed by atoms with van der Waals surface area (Å²) >= 11 is 0. The fraction of sp³-hybridized carbons (Fsp3) is 0.500. The number of carbonyl (C=O) groups excluding carboxylic acids is 1. The first-order valence-corrected chi connectivity index (χ1v) is 7.70. The maximum atomic E-state index is 12.6. The first-order valence-electron chi connectivity index (χ1n) is 7.70. The summed E-state index contributed by atoms with van der Waals surface area (Å²) in [5.74, 6) is -2.11. The minimum atomic E-state index is -4.56. The van der Waals surface area contributed by atoms with Crippen molar-refractivity contribution in [3.63, 3.8) is 0 Å². The van der Waals surface area contributed by atoms with Crippen LogP contribution in [-0.4, -0.2) is 23.0 Å². The number of carboxylic acid groups (broad SMARTS) is 1. The van der Waals surface area contributed by atoms with Crippen molar-refractivity contribution < 1.29 is 27.9 Å². The van der Waals surface area contributed by atoms with Gasteiger partial charge < -0.3 is 16.2 Å². The SMILES string of the molecule is Nc1cc(C(F)(F)F)ccc1C(=O)NC(C(=O)O)C1CCCCC1. The highest BCUT2D eigenvalue weighted by Crippen LogP contribution is 2.31. The van der Waals surface area contributed by atoms with Crippen molar-refractivity contribution in [1.82, 2.24) is 5.32 Å². The van der Waals surface area contributed by atoms with Gasteiger partial charge >= 0.3 is 12.1 Å². The van der Waals surface area contributed by atoms with E-state index in [1.165, 1.54) is 0 Å². The van der Waals surface area contributed by atoms with Crippen molar-refractivity contribution >= 4 is 17.6 Å². The number of carboxylic acids is 1. The Kier molecular flexibility index (Phi) is 5.36. The number of anilines is 1. The van der Waals surface area contributed by atoms with Crippen LogP contribution in [0.5, 0.6) is 0 Å². The van der Waals surface area contributed by atoms with Crippen LogP contribution in [0.15, 0.2) is 18.2 Å². The number of alkyl halides is 3. The van der Waals surface area contributed by atoms with Gasteiger partial charge in [0.2, 0.25) is 0 Å². The highest BCUT2D eigenvalue weighted by molar-refractivity contribution is 6.01. The van der Waals surface area contributed by atoms with Gasteiger partial charge in [-0.3, -0.25) is 4.79 Å². The Morgan fingerprint density at radius 1 is 1.21 bits per heavy atom. The van der Waals surface area contributed by atoms with Gasteiger partial charge in [-0.25, -0.2) is 4.79 Å². The van der Waals surface area contributed by atoms with Crippen LogP contribution in [0.2, 0.25) is 0 Å². The molecule has 0 bridgehead atoms. The van der Waals surface area contributed by atoms with Gasteiger partial charge in [0.1, 0.15) is 6.04 Å². The molecule has 1 aliphatic carbocycles. The zero-order chi connectivity index (χ0) is 17.9. The van der Waals surface area contributed by atoms with Crippen molar-refractivity contribution in [1.29, 1.82) is 0 Å². The third-order valence-electron chi connectivity index (χ3n) is 4.30. The van der Waals surface area contributed by atoms with E-state index in [1.54, 1.807) is 0 Å². The van der Waals surface area contributed by atoms with E-state index in [0.717, 1.165) is 31.4 Å². The summed E-state index contributed by atoms with van der Waals surface area (Å²) in [5, 5.41) is 11.7. The molecule has 0 saturated heterocycles. The Bertz CT molecular complexity index is 625. The topological polar surface area (TPSA) is 92.4 Å². The molecular formula is C16H19F3N2O3. The monoisotopic (exact) mass is 344 g/mol. The molecule has 1 aliphatic rings. The van der Waals surface area contributed by atoms with Gasteiger partial charge in [-0.1, -0.05) is 19.3 Å². The first-order chi connectivity index (χ1) is 11.2. The maximum absolute atomic E-state index is 12.6. The molecule has 0 aromatic heterocycles. The first kappa shape index (κ1) is 18.1. The van der Waals surface area contributed by atoms with Crippen LogP contribution in [0.25, 0.3) is 0 Å². The fourth-order valence-electron chi connectivity index (χ4n) is 3.01. The van der Waals surface area contributed by atoms with E-state index in [4.69, 9.17) is 5.73 Å². The minimum absolute atomic E-state index is 0.162. The lowest BCUT2D eigenvalue weighted by molar-refractivity contribution is -0.141. The van der Waals surface area contributed by atoms with E-state index in [0.29, 0.717) is 18.9 Å². The predicted octanol–water partition coefficient (Wildman–Crippen LogP) is 3.05. The van der Waals surface area contributed by atoms with Crippen LogP contribution in [0.4, 0.5) is 18.9 Å². The molecule has 0 radical (unpaired) electrons. The fourth-order valence-corrected chi connectivity index (χ4v) is 3.01. The zero-order valence-electron chi connectivity index (χ0n) is 12.9. The Balaban J connectivity index is 2.16. The molecule has 2 rings (SSSR count). The number of carbonyl (C=O) groups is 2. The average molecular weight is 344 g/mol. The quantitative estimate of drug-likeness (QED) is 0.732. The lowest BCUT2D eigenvalue weighted by atomic mass is 9.83. The highest BCUT2D eigenvalue weighted by Gasteiger charge is 2.33. The Morgan fingerprint density at radius 3 is 2.33 bits per heavy atom. The lowest BCUT2D eigenvalue weighted by Gasteiger charge is -2.28. The minimum Gasteiger partial charge on any atom is -0.480 e. The second kappa shape index (κ2) is 7.11. The molecular weight excluding hydrogens is 325 g/mol. The molecule has 1 saturated carbocycles. The van der Waals surface area contributed by atoms with Gasteiger partial charge in [-0.15, -0.1) is 0 Å². The van der Waals surface area contributed by atoms with Crippen LogP contribution in [0.3, 0.4) is 0 Å². The molecule has 4 N–H and O–H groups in total. The molecule has 8 heteroatoms. The third-order valence-corrected chi connectivity index (χ3v) is 4.30. The molecule has 132 valence electrons. The number of aliphatic carboxylic acids is 1. The molecule has 1 aromatic rings. The van der Waals surface area contributed by atoms with Crippen LogP contribution in [-0.2, 0) is 11.0 Å². The molecule has 0 heterocycles. The summed E-state index contributed by atoms with van der Waals surface area (Å²) in [5.41, 5.74) is 4.08. The Hall–Kier alpha value is -2.25. The van der Waals surface area contributed by atoms with Gasteiger partial charge in [0.25, 0.3) is 5.91 Å². The number of nitrogen functional groups attached to an aromatic ring is 1. The van der Waals surface area contributed by atoms with Gasteiger partial charge in [0.15, 0.2) is 0 Å². The molecule has 0 spiro atoms. The number of nitrogens with two attached hydrogens (primary N) is 1. The van der Waals surface area contributed by atoms with Crippen molar-refractivity contribution in [3.8, 4) is 0 Å². The van der Waals surface area contributed by atoms with Crippen LogP contribution in [0.1, 0.15) is 48.0 Å². The van der Waals surface area contributed by atoms with E-state index in [2.05, 4.69) is 5.32 Å². The molecule has 1 unspecified atom stereocenters. The summed E-state index contributed by atoms with van der Waals surface area (Å²) < 4.78 is 37.9. The van der Waals surface area contributed by atoms with Crippen LogP contribution < -0.4 is 11.1 Å². The Morgan fingerprint density at radius 2 is 1.83 bits per heavy atom. The largest absolute Gasteiger partial charge is 0.480 e.